The molecule has 140 valence electrons. The van der Waals surface area contributed by atoms with E-state index in [1.54, 1.807) is 0 Å². The van der Waals surface area contributed by atoms with Crippen LogP contribution in [-0.4, -0.2) is 63.5 Å². The van der Waals surface area contributed by atoms with Crippen LogP contribution in [0.2, 0.25) is 0 Å². The molecule has 0 bridgehead atoms. The summed E-state index contributed by atoms with van der Waals surface area (Å²) in [6, 6.07) is 0. The van der Waals surface area contributed by atoms with Crippen molar-refractivity contribution in [3.63, 3.8) is 0 Å². The van der Waals surface area contributed by atoms with Crippen molar-refractivity contribution in [1.29, 1.82) is 0 Å². The molecule has 0 unspecified atom stereocenters. The monoisotopic (exact) mass is 358 g/mol. The molecule has 0 aromatic rings. The average molecular weight is 358 g/mol. The highest BCUT2D eigenvalue weighted by atomic mass is 16.6. The number of ether oxygens (including phenoxy) is 5. The SMILES string of the molecule is C=CC(=O)OCCC(=O)OCCOCCOC(=O)CCOC(=O)C=C. The Labute approximate surface area is 145 Å². The average Bonchev–Trinajstić information content (AvgIpc) is 2.60. The molecule has 9 nitrogen and oxygen atoms in total. The largest absolute Gasteiger partial charge is 0.463 e. The van der Waals surface area contributed by atoms with Gasteiger partial charge in [-0.05, 0) is 0 Å². The van der Waals surface area contributed by atoms with Gasteiger partial charge in [0.1, 0.15) is 26.4 Å². The third kappa shape index (κ3) is 14.6. The predicted molar refractivity (Wildman–Crippen MR) is 84.3 cm³/mol. The van der Waals surface area contributed by atoms with Gasteiger partial charge in [-0.25, -0.2) is 9.59 Å². The first-order valence-electron chi connectivity index (χ1n) is 7.47. The van der Waals surface area contributed by atoms with Gasteiger partial charge in [-0.2, -0.15) is 0 Å². The third-order valence-electron chi connectivity index (χ3n) is 2.42. The molecule has 0 atom stereocenters. The summed E-state index contributed by atoms with van der Waals surface area (Å²) in [4.78, 5) is 44.0. The lowest BCUT2D eigenvalue weighted by Crippen LogP contribution is -2.16. The minimum atomic E-state index is -0.607. The Kier molecular flexibility index (Phi) is 13.3. The molecule has 0 aromatic carbocycles. The van der Waals surface area contributed by atoms with E-state index in [9.17, 15) is 19.2 Å². The van der Waals surface area contributed by atoms with Crippen LogP contribution >= 0.6 is 0 Å². The molecular weight excluding hydrogens is 336 g/mol. The zero-order chi connectivity index (χ0) is 18.9. The van der Waals surface area contributed by atoms with Gasteiger partial charge in [0.15, 0.2) is 0 Å². The molecule has 0 spiro atoms. The van der Waals surface area contributed by atoms with Crippen molar-refractivity contribution in [2.45, 2.75) is 12.8 Å². The fourth-order valence-electron chi connectivity index (χ4n) is 1.26. The molecule has 0 aromatic heterocycles. The highest BCUT2D eigenvalue weighted by Gasteiger charge is 2.06. The summed E-state index contributed by atoms with van der Waals surface area (Å²) in [5.74, 6) is -2.27. The van der Waals surface area contributed by atoms with Gasteiger partial charge in [0, 0.05) is 12.2 Å². The highest BCUT2D eigenvalue weighted by molar-refractivity contribution is 5.81. The molecule has 25 heavy (non-hydrogen) atoms. The Hall–Kier alpha value is -2.68. The van der Waals surface area contributed by atoms with Gasteiger partial charge < -0.3 is 23.7 Å². The van der Waals surface area contributed by atoms with Crippen LogP contribution in [0.1, 0.15) is 12.8 Å². The van der Waals surface area contributed by atoms with Gasteiger partial charge in [-0.1, -0.05) is 13.2 Å². The summed E-state index contributed by atoms with van der Waals surface area (Å²) < 4.78 is 24.0. The van der Waals surface area contributed by atoms with E-state index in [4.69, 9.17) is 14.2 Å². The summed E-state index contributed by atoms with van der Waals surface area (Å²) in [5, 5.41) is 0. The third-order valence-corrected chi connectivity index (χ3v) is 2.42. The summed E-state index contributed by atoms with van der Waals surface area (Å²) >= 11 is 0. The van der Waals surface area contributed by atoms with Crippen molar-refractivity contribution in [1.82, 2.24) is 0 Å². The van der Waals surface area contributed by atoms with Gasteiger partial charge in [0.2, 0.25) is 0 Å². The smallest absolute Gasteiger partial charge is 0.330 e. The summed E-state index contributed by atoms with van der Waals surface area (Å²) in [6.45, 7) is 6.59. The number of carbonyl (C=O) groups excluding carboxylic acids is 4. The van der Waals surface area contributed by atoms with E-state index in [1.807, 2.05) is 0 Å². The maximum atomic E-state index is 11.3. The predicted octanol–water partition coefficient (Wildman–Crippen LogP) is 0.328. The fourth-order valence-corrected chi connectivity index (χ4v) is 1.26. The molecule has 0 saturated heterocycles. The van der Waals surface area contributed by atoms with E-state index in [0.717, 1.165) is 12.2 Å². The molecule has 0 aliphatic rings. The number of hydrogen-bond donors (Lipinski definition) is 0. The molecule has 0 heterocycles. The molecular formula is C16H22O9. The van der Waals surface area contributed by atoms with Crippen LogP contribution in [0.25, 0.3) is 0 Å². The van der Waals surface area contributed by atoms with E-state index in [-0.39, 0.29) is 52.5 Å². The van der Waals surface area contributed by atoms with Crippen LogP contribution in [0.3, 0.4) is 0 Å². The van der Waals surface area contributed by atoms with Crippen LogP contribution < -0.4 is 0 Å². The van der Waals surface area contributed by atoms with Crippen LogP contribution in [-0.2, 0) is 42.9 Å². The Morgan fingerprint density at radius 1 is 0.600 bits per heavy atom. The zero-order valence-electron chi connectivity index (χ0n) is 13.9. The van der Waals surface area contributed by atoms with Crippen molar-refractivity contribution < 1.29 is 42.9 Å². The van der Waals surface area contributed by atoms with Gasteiger partial charge in [0.05, 0.1) is 26.1 Å². The molecule has 0 aliphatic carbocycles. The molecule has 9 heteroatoms. The quantitative estimate of drug-likeness (QED) is 0.187. The Morgan fingerprint density at radius 2 is 1.00 bits per heavy atom. The van der Waals surface area contributed by atoms with Crippen molar-refractivity contribution in [3.05, 3.63) is 25.3 Å². The lowest BCUT2D eigenvalue weighted by Gasteiger charge is -2.07. The molecule has 0 radical (unpaired) electrons. The number of esters is 4. The van der Waals surface area contributed by atoms with Crippen LogP contribution in [0.5, 0.6) is 0 Å². The normalized spacial score (nSPS) is 9.60. The molecule has 0 rings (SSSR count). The zero-order valence-corrected chi connectivity index (χ0v) is 13.9. The van der Waals surface area contributed by atoms with Crippen LogP contribution in [0.4, 0.5) is 0 Å². The van der Waals surface area contributed by atoms with Gasteiger partial charge in [-0.15, -0.1) is 0 Å². The first-order chi connectivity index (χ1) is 12.0. The van der Waals surface area contributed by atoms with E-state index in [1.165, 1.54) is 0 Å². The van der Waals surface area contributed by atoms with Crippen molar-refractivity contribution >= 4 is 23.9 Å². The first-order valence-corrected chi connectivity index (χ1v) is 7.47. The minimum Gasteiger partial charge on any atom is -0.463 e. The minimum absolute atomic E-state index is 0.0275. The molecule has 0 N–H and O–H groups in total. The second-order valence-electron chi connectivity index (χ2n) is 4.30. The molecule has 0 saturated carbocycles. The summed E-state index contributed by atoms with van der Waals surface area (Å²) in [5.41, 5.74) is 0. The Bertz CT molecular complexity index is 428. The molecule has 0 aliphatic heterocycles. The van der Waals surface area contributed by atoms with Crippen molar-refractivity contribution in [2.75, 3.05) is 39.6 Å². The van der Waals surface area contributed by atoms with Gasteiger partial charge in [-0.3, -0.25) is 9.59 Å². The van der Waals surface area contributed by atoms with E-state index in [2.05, 4.69) is 22.6 Å². The maximum Gasteiger partial charge on any atom is 0.330 e. The number of rotatable bonds is 14. The second-order valence-corrected chi connectivity index (χ2v) is 4.30. The van der Waals surface area contributed by atoms with E-state index in [0.29, 0.717) is 0 Å². The van der Waals surface area contributed by atoms with Crippen LogP contribution in [0.15, 0.2) is 25.3 Å². The Balaban J connectivity index is 3.42. The van der Waals surface area contributed by atoms with Crippen molar-refractivity contribution in [3.8, 4) is 0 Å². The van der Waals surface area contributed by atoms with Gasteiger partial charge in [0.25, 0.3) is 0 Å². The molecule has 0 fully saturated rings. The lowest BCUT2D eigenvalue weighted by molar-refractivity contribution is -0.148. The standard InChI is InChI=1S/C16H22O9/c1-3-13(17)22-7-5-15(19)24-11-9-21-10-12-25-16(20)6-8-23-14(18)4-2/h3-4H,1-2,5-12H2. The number of hydrogen-bond acceptors (Lipinski definition) is 9. The highest BCUT2D eigenvalue weighted by Crippen LogP contribution is 1.92. The number of carbonyl (C=O) groups is 4. The topological polar surface area (TPSA) is 114 Å². The fraction of sp³-hybridized carbons (Fsp3) is 0.500. The Morgan fingerprint density at radius 3 is 1.36 bits per heavy atom. The molecule has 0 amide bonds. The first kappa shape index (κ1) is 22.3. The summed E-state index contributed by atoms with van der Waals surface area (Å²) in [7, 11) is 0. The van der Waals surface area contributed by atoms with E-state index >= 15 is 0 Å². The second kappa shape index (κ2) is 14.9. The lowest BCUT2D eigenvalue weighted by atomic mass is 10.4. The van der Waals surface area contributed by atoms with Crippen molar-refractivity contribution in [2.24, 2.45) is 0 Å². The maximum absolute atomic E-state index is 11.3. The summed E-state index contributed by atoms with van der Waals surface area (Å²) in [6.07, 6.45) is 1.88. The van der Waals surface area contributed by atoms with E-state index < -0.39 is 23.9 Å². The van der Waals surface area contributed by atoms with Crippen LogP contribution in [0, 0.1) is 0 Å². The van der Waals surface area contributed by atoms with Gasteiger partial charge >= 0.3 is 23.9 Å².